The molecule has 1 amide bonds. The SMILES string of the molecule is O=C(Nc1nnc(S(=O)(=O)NC2CC2)s1)c1ccc(Cl)cc1. The first-order valence-corrected chi connectivity index (χ1v) is 9.04. The number of rotatable bonds is 5. The summed E-state index contributed by atoms with van der Waals surface area (Å²) in [5, 5.41) is 10.4. The van der Waals surface area contributed by atoms with Crippen molar-refractivity contribution >= 4 is 44.0 Å². The van der Waals surface area contributed by atoms with Crippen LogP contribution < -0.4 is 10.0 Å². The zero-order chi connectivity index (χ0) is 15.7. The lowest BCUT2D eigenvalue weighted by Gasteiger charge is -2.01. The normalized spacial score (nSPS) is 14.8. The minimum atomic E-state index is -3.66. The Hall–Kier alpha value is -1.55. The Morgan fingerprint density at radius 3 is 2.55 bits per heavy atom. The van der Waals surface area contributed by atoms with Crippen LogP contribution in [0, 0.1) is 0 Å². The van der Waals surface area contributed by atoms with E-state index in [1.165, 1.54) is 0 Å². The van der Waals surface area contributed by atoms with E-state index < -0.39 is 15.9 Å². The number of amides is 1. The fourth-order valence-corrected chi connectivity index (χ4v) is 3.95. The van der Waals surface area contributed by atoms with Crippen molar-refractivity contribution in [3.63, 3.8) is 0 Å². The Bertz CT molecular complexity index is 800. The number of benzene rings is 1. The second kappa shape index (κ2) is 5.92. The van der Waals surface area contributed by atoms with E-state index >= 15 is 0 Å². The summed E-state index contributed by atoms with van der Waals surface area (Å²) < 4.78 is 26.3. The monoisotopic (exact) mass is 358 g/mol. The molecule has 1 saturated carbocycles. The number of hydrogen-bond donors (Lipinski definition) is 2. The predicted octanol–water partition coefficient (Wildman–Crippen LogP) is 1.88. The maximum Gasteiger partial charge on any atom is 0.270 e. The van der Waals surface area contributed by atoms with Gasteiger partial charge in [-0.15, -0.1) is 10.2 Å². The fourth-order valence-electron chi connectivity index (χ4n) is 1.61. The van der Waals surface area contributed by atoms with Crippen LogP contribution >= 0.6 is 22.9 Å². The lowest BCUT2D eigenvalue weighted by molar-refractivity contribution is 0.102. The molecule has 0 atom stereocenters. The molecule has 3 rings (SSSR count). The molecule has 1 fully saturated rings. The average Bonchev–Trinajstić information content (AvgIpc) is 3.13. The summed E-state index contributed by atoms with van der Waals surface area (Å²) in [6.07, 6.45) is 1.66. The number of nitrogens with zero attached hydrogens (tertiary/aromatic N) is 2. The average molecular weight is 359 g/mol. The molecule has 1 heterocycles. The second-order valence-electron chi connectivity index (χ2n) is 4.73. The lowest BCUT2D eigenvalue weighted by Crippen LogP contribution is -2.25. The van der Waals surface area contributed by atoms with Gasteiger partial charge in [-0.25, -0.2) is 13.1 Å². The number of carbonyl (C=O) groups excluding carboxylic acids is 1. The first-order valence-electron chi connectivity index (χ1n) is 6.37. The molecule has 0 spiro atoms. The summed E-state index contributed by atoms with van der Waals surface area (Å²) in [6.45, 7) is 0. The third-order valence-electron chi connectivity index (χ3n) is 2.86. The molecular formula is C12H11ClN4O3S2. The van der Waals surface area contributed by atoms with E-state index in [2.05, 4.69) is 20.2 Å². The van der Waals surface area contributed by atoms with Crippen LogP contribution in [0.15, 0.2) is 28.6 Å². The number of anilines is 1. The van der Waals surface area contributed by atoms with Gasteiger partial charge in [0.25, 0.3) is 15.9 Å². The zero-order valence-electron chi connectivity index (χ0n) is 11.1. The van der Waals surface area contributed by atoms with E-state index in [1.807, 2.05) is 0 Å². The van der Waals surface area contributed by atoms with E-state index in [-0.39, 0.29) is 15.5 Å². The highest BCUT2D eigenvalue weighted by Crippen LogP contribution is 2.25. The van der Waals surface area contributed by atoms with Crippen LogP contribution in [0.3, 0.4) is 0 Å². The molecule has 1 aliphatic carbocycles. The first kappa shape index (κ1) is 15.3. The Morgan fingerprint density at radius 2 is 1.91 bits per heavy atom. The van der Waals surface area contributed by atoms with Crippen molar-refractivity contribution in [2.45, 2.75) is 23.2 Å². The van der Waals surface area contributed by atoms with Crippen LogP contribution in [-0.4, -0.2) is 30.6 Å². The van der Waals surface area contributed by atoms with E-state index in [0.717, 1.165) is 24.2 Å². The van der Waals surface area contributed by atoms with Crippen LogP contribution in [0.25, 0.3) is 0 Å². The number of hydrogen-bond acceptors (Lipinski definition) is 6. The van der Waals surface area contributed by atoms with Gasteiger partial charge in [-0.3, -0.25) is 10.1 Å². The van der Waals surface area contributed by atoms with Gasteiger partial charge in [-0.05, 0) is 37.1 Å². The maximum absolute atomic E-state index is 12.0. The highest BCUT2D eigenvalue weighted by Gasteiger charge is 2.30. The summed E-state index contributed by atoms with van der Waals surface area (Å²) in [4.78, 5) is 12.0. The molecule has 1 aromatic heterocycles. The molecule has 0 radical (unpaired) electrons. The van der Waals surface area contributed by atoms with Crippen LogP contribution in [0.4, 0.5) is 5.13 Å². The molecule has 1 aliphatic rings. The quantitative estimate of drug-likeness (QED) is 0.795. The topological polar surface area (TPSA) is 101 Å². The molecule has 2 N–H and O–H groups in total. The molecule has 116 valence electrons. The Labute approximate surface area is 135 Å². The van der Waals surface area contributed by atoms with Gasteiger partial charge >= 0.3 is 0 Å². The highest BCUT2D eigenvalue weighted by atomic mass is 35.5. The number of aromatic nitrogens is 2. The zero-order valence-corrected chi connectivity index (χ0v) is 13.5. The second-order valence-corrected chi connectivity index (χ2v) is 8.03. The molecule has 0 unspecified atom stereocenters. The Kier molecular flexibility index (Phi) is 4.13. The van der Waals surface area contributed by atoms with Gasteiger partial charge in [-0.1, -0.05) is 22.9 Å². The van der Waals surface area contributed by atoms with Crippen molar-refractivity contribution < 1.29 is 13.2 Å². The maximum atomic E-state index is 12.0. The molecule has 0 bridgehead atoms. The standard InChI is InChI=1S/C12H11ClN4O3S2/c13-8-3-1-7(2-4-8)10(18)14-11-15-16-12(21-11)22(19,20)17-9-5-6-9/h1-4,9,17H,5-6H2,(H,14,15,18). The minimum absolute atomic E-state index is 0.0130. The van der Waals surface area contributed by atoms with Crippen LogP contribution in [-0.2, 0) is 10.0 Å². The van der Waals surface area contributed by atoms with Gasteiger partial charge in [0, 0.05) is 16.6 Å². The van der Waals surface area contributed by atoms with E-state index in [0.29, 0.717) is 10.6 Å². The van der Waals surface area contributed by atoms with Gasteiger partial charge < -0.3 is 0 Å². The lowest BCUT2D eigenvalue weighted by atomic mass is 10.2. The van der Waals surface area contributed by atoms with Crippen molar-refractivity contribution in [1.82, 2.24) is 14.9 Å². The fraction of sp³-hybridized carbons (Fsp3) is 0.250. The third kappa shape index (κ3) is 3.61. The molecular weight excluding hydrogens is 348 g/mol. The minimum Gasteiger partial charge on any atom is -0.296 e. The van der Waals surface area contributed by atoms with Crippen molar-refractivity contribution in [1.29, 1.82) is 0 Å². The van der Waals surface area contributed by atoms with E-state index in [4.69, 9.17) is 11.6 Å². The predicted molar refractivity (Wildman–Crippen MR) is 82.7 cm³/mol. The summed E-state index contributed by atoms with van der Waals surface area (Å²) in [6, 6.07) is 6.29. The summed E-state index contributed by atoms with van der Waals surface area (Å²) in [5.74, 6) is -0.410. The largest absolute Gasteiger partial charge is 0.296 e. The van der Waals surface area contributed by atoms with Gasteiger partial charge in [0.05, 0.1) is 0 Å². The van der Waals surface area contributed by atoms with Crippen molar-refractivity contribution in [3.8, 4) is 0 Å². The molecule has 10 heteroatoms. The number of carbonyl (C=O) groups is 1. The smallest absolute Gasteiger partial charge is 0.270 e. The summed E-state index contributed by atoms with van der Waals surface area (Å²) >= 11 is 6.56. The Balaban J connectivity index is 1.71. The summed E-state index contributed by atoms with van der Waals surface area (Å²) in [7, 11) is -3.66. The number of nitrogens with one attached hydrogen (secondary N) is 2. The molecule has 1 aromatic carbocycles. The summed E-state index contributed by atoms with van der Waals surface area (Å²) in [5.41, 5.74) is 0.389. The molecule has 0 saturated heterocycles. The van der Waals surface area contributed by atoms with Gasteiger partial charge in [0.15, 0.2) is 0 Å². The molecule has 0 aliphatic heterocycles. The van der Waals surface area contributed by atoms with Crippen molar-refractivity contribution in [3.05, 3.63) is 34.9 Å². The van der Waals surface area contributed by atoms with E-state index in [1.54, 1.807) is 24.3 Å². The highest BCUT2D eigenvalue weighted by molar-refractivity contribution is 7.91. The molecule has 22 heavy (non-hydrogen) atoms. The van der Waals surface area contributed by atoms with Crippen molar-refractivity contribution in [2.24, 2.45) is 0 Å². The molecule has 2 aromatic rings. The van der Waals surface area contributed by atoms with Gasteiger partial charge in [-0.2, -0.15) is 0 Å². The molecule has 7 nitrogen and oxygen atoms in total. The van der Waals surface area contributed by atoms with Gasteiger partial charge in [0.1, 0.15) is 0 Å². The van der Waals surface area contributed by atoms with Crippen LogP contribution in [0.5, 0.6) is 0 Å². The van der Waals surface area contributed by atoms with Crippen LogP contribution in [0.2, 0.25) is 5.02 Å². The first-order chi connectivity index (χ1) is 10.4. The van der Waals surface area contributed by atoms with Gasteiger partial charge in [0.2, 0.25) is 9.47 Å². The number of halogens is 1. The van der Waals surface area contributed by atoms with Crippen LogP contribution in [0.1, 0.15) is 23.2 Å². The van der Waals surface area contributed by atoms with Crippen molar-refractivity contribution in [2.75, 3.05) is 5.32 Å². The number of sulfonamides is 1. The third-order valence-corrected chi connectivity index (χ3v) is 5.84. The Morgan fingerprint density at radius 1 is 1.23 bits per heavy atom. The van der Waals surface area contributed by atoms with E-state index in [9.17, 15) is 13.2 Å².